The fraction of sp³-hybridized carbons (Fsp3) is 0.118. The molecule has 1 aliphatic heterocycles. The van der Waals surface area contributed by atoms with Crippen LogP contribution >= 0.6 is 11.6 Å². The van der Waals surface area contributed by atoms with Crippen LogP contribution in [0.4, 0.5) is 21.8 Å². The Labute approximate surface area is 153 Å². The van der Waals surface area contributed by atoms with Gasteiger partial charge in [-0.2, -0.15) is 10.1 Å². The number of anilines is 3. The maximum Gasteiger partial charge on any atom is 0.249 e. The van der Waals surface area contributed by atoms with E-state index in [1.165, 1.54) is 24.4 Å². The van der Waals surface area contributed by atoms with Crippen molar-refractivity contribution in [2.75, 3.05) is 17.4 Å². The highest BCUT2D eigenvalue weighted by Gasteiger charge is 2.13. The smallest absolute Gasteiger partial charge is 0.249 e. The van der Waals surface area contributed by atoms with Crippen molar-refractivity contribution in [2.24, 2.45) is 0 Å². The Kier molecular flexibility index (Phi) is 4.40. The summed E-state index contributed by atoms with van der Waals surface area (Å²) in [5, 5.41) is 13.9. The molecule has 0 spiro atoms. The van der Waals surface area contributed by atoms with E-state index in [1.54, 1.807) is 0 Å². The van der Waals surface area contributed by atoms with Crippen molar-refractivity contribution < 1.29 is 13.9 Å². The van der Waals surface area contributed by atoms with Crippen LogP contribution in [0.2, 0.25) is 5.02 Å². The summed E-state index contributed by atoms with van der Waals surface area (Å²) in [6.07, 6.45) is 1.51. The molecule has 1 aromatic heterocycles. The second-order valence-electron chi connectivity index (χ2n) is 5.46. The van der Waals surface area contributed by atoms with Gasteiger partial charge in [0.25, 0.3) is 0 Å². The number of nitrogens with one attached hydrogen (secondary N) is 2. The van der Waals surface area contributed by atoms with Crippen molar-refractivity contribution in [3.05, 3.63) is 59.0 Å². The largest absolute Gasteiger partial charge is 0.454 e. The monoisotopic (exact) mass is 373 g/mol. The molecule has 0 amide bonds. The second-order valence-corrected chi connectivity index (χ2v) is 5.87. The van der Waals surface area contributed by atoms with Crippen molar-refractivity contribution in [1.29, 1.82) is 0 Å². The molecule has 2 aromatic carbocycles. The minimum atomic E-state index is -0.490. The SMILES string of the molecule is Fc1ccc(Nc2nncc(NCc3ccc4c(c3)OCO4)n2)cc1Cl. The number of aromatic nitrogens is 3. The van der Waals surface area contributed by atoms with Crippen LogP contribution in [0.15, 0.2) is 42.6 Å². The zero-order valence-corrected chi connectivity index (χ0v) is 14.1. The molecule has 0 saturated carbocycles. The Morgan fingerprint density at radius 3 is 2.88 bits per heavy atom. The van der Waals surface area contributed by atoms with Gasteiger partial charge in [-0.05, 0) is 35.9 Å². The van der Waals surface area contributed by atoms with E-state index in [9.17, 15) is 4.39 Å². The van der Waals surface area contributed by atoms with Crippen LogP contribution in [-0.4, -0.2) is 22.0 Å². The van der Waals surface area contributed by atoms with Crippen molar-refractivity contribution in [1.82, 2.24) is 15.2 Å². The van der Waals surface area contributed by atoms with E-state index >= 15 is 0 Å². The van der Waals surface area contributed by atoms with Gasteiger partial charge in [-0.1, -0.05) is 17.7 Å². The molecule has 0 atom stereocenters. The van der Waals surface area contributed by atoms with E-state index in [4.69, 9.17) is 21.1 Å². The minimum absolute atomic E-state index is 0.0139. The van der Waals surface area contributed by atoms with E-state index in [0.717, 1.165) is 17.1 Å². The molecule has 9 heteroatoms. The second kappa shape index (κ2) is 7.01. The summed E-state index contributed by atoms with van der Waals surface area (Å²) in [6.45, 7) is 0.766. The highest BCUT2D eigenvalue weighted by atomic mass is 35.5. The zero-order valence-electron chi connectivity index (χ0n) is 13.4. The third kappa shape index (κ3) is 3.60. The van der Waals surface area contributed by atoms with Crippen LogP contribution in [0.1, 0.15) is 5.56 Å². The molecule has 0 saturated heterocycles. The van der Waals surface area contributed by atoms with Gasteiger partial charge in [-0.25, -0.2) is 4.39 Å². The number of hydrogen-bond donors (Lipinski definition) is 2. The summed E-state index contributed by atoms with van der Waals surface area (Å²) < 4.78 is 23.9. The molecule has 26 heavy (non-hydrogen) atoms. The van der Waals surface area contributed by atoms with Crippen LogP contribution in [0.3, 0.4) is 0 Å². The summed E-state index contributed by atoms with van der Waals surface area (Å²) in [5.41, 5.74) is 1.57. The Hall–Kier alpha value is -3.13. The number of halogens is 2. The van der Waals surface area contributed by atoms with Crippen LogP contribution in [0.5, 0.6) is 11.5 Å². The van der Waals surface area contributed by atoms with Gasteiger partial charge < -0.3 is 20.1 Å². The Morgan fingerprint density at radius 2 is 2.00 bits per heavy atom. The number of hydrogen-bond acceptors (Lipinski definition) is 7. The third-order valence-corrected chi connectivity index (χ3v) is 3.93. The molecular weight excluding hydrogens is 361 g/mol. The van der Waals surface area contributed by atoms with E-state index in [1.807, 2.05) is 18.2 Å². The van der Waals surface area contributed by atoms with Crippen LogP contribution in [0, 0.1) is 5.82 Å². The molecule has 132 valence electrons. The van der Waals surface area contributed by atoms with Gasteiger partial charge in [-0.3, -0.25) is 0 Å². The first-order valence-electron chi connectivity index (χ1n) is 7.71. The molecule has 0 bridgehead atoms. The van der Waals surface area contributed by atoms with Gasteiger partial charge >= 0.3 is 0 Å². The van der Waals surface area contributed by atoms with Gasteiger partial charge in [0.05, 0.1) is 11.2 Å². The van der Waals surface area contributed by atoms with Gasteiger partial charge in [0.1, 0.15) is 5.82 Å². The molecule has 2 heterocycles. The molecule has 0 aliphatic carbocycles. The molecule has 1 aliphatic rings. The van der Waals surface area contributed by atoms with E-state index in [0.29, 0.717) is 18.1 Å². The summed E-state index contributed by atoms with van der Waals surface area (Å²) in [7, 11) is 0. The molecule has 0 unspecified atom stereocenters. The highest BCUT2D eigenvalue weighted by molar-refractivity contribution is 6.31. The first-order chi connectivity index (χ1) is 12.7. The first-order valence-corrected chi connectivity index (χ1v) is 8.09. The van der Waals surface area contributed by atoms with E-state index in [-0.39, 0.29) is 17.8 Å². The predicted molar refractivity (Wildman–Crippen MR) is 94.4 cm³/mol. The molecule has 2 N–H and O–H groups in total. The lowest BCUT2D eigenvalue weighted by atomic mass is 10.2. The summed E-state index contributed by atoms with van der Waals surface area (Å²) in [5.74, 6) is 1.77. The maximum absolute atomic E-state index is 13.2. The standard InChI is InChI=1S/C17H13ClFN5O2/c18-12-6-11(2-3-13(12)19)22-17-23-16(8-21-24-17)20-7-10-1-4-14-15(5-10)26-9-25-14/h1-6,8H,7,9H2,(H2,20,22,23,24). The average molecular weight is 374 g/mol. The van der Waals surface area contributed by atoms with Crippen molar-refractivity contribution >= 4 is 29.1 Å². The third-order valence-electron chi connectivity index (χ3n) is 3.65. The predicted octanol–water partition coefficient (Wildman–Crippen LogP) is 3.75. The number of nitrogens with zero attached hydrogens (tertiary/aromatic N) is 3. The Bertz CT molecular complexity index is 956. The highest BCUT2D eigenvalue weighted by Crippen LogP contribution is 2.32. The fourth-order valence-electron chi connectivity index (χ4n) is 2.39. The van der Waals surface area contributed by atoms with Gasteiger partial charge in [-0.15, -0.1) is 5.10 Å². The van der Waals surface area contributed by atoms with Crippen LogP contribution in [0.25, 0.3) is 0 Å². The van der Waals surface area contributed by atoms with E-state index in [2.05, 4.69) is 25.8 Å². The minimum Gasteiger partial charge on any atom is -0.454 e. The summed E-state index contributed by atoms with van der Waals surface area (Å²) in [4.78, 5) is 4.32. The first kappa shape index (κ1) is 16.3. The molecule has 4 rings (SSSR count). The number of rotatable bonds is 5. The molecule has 0 fully saturated rings. The lowest BCUT2D eigenvalue weighted by molar-refractivity contribution is 0.174. The average Bonchev–Trinajstić information content (AvgIpc) is 3.11. The van der Waals surface area contributed by atoms with Crippen molar-refractivity contribution in [2.45, 2.75) is 6.54 Å². The van der Waals surface area contributed by atoms with Crippen molar-refractivity contribution in [3.8, 4) is 11.5 Å². The molecule has 0 radical (unpaired) electrons. The van der Waals surface area contributed by atoms with Gasteiger partial charge in [0.2, 0.25) is 12.7 Å². The van der Waals surface area contributed by atoms with Gasteiger partial charge in [0.15, 0.2) is 17.3 Å². The summed E-state index contributed by atoms with van der Waals surface area (Å²) in [6, 6.07) is 9.96. The molecule has 7 nitrogen and oxygen atoms in total. The Morgan fingerprint density at radius 1 is 1.12 bits per heavy atom. The molecule has 3 aromatic rings. The number of benzene rings is 2. The maximum atomic E-state index is 13.2. The van der Waals surface area contributed by atoms with Crippen LogP contribution in [-0.2, 0) is 6.54 Å². The lowest BCUT2D eigenvalue weighted by Crippen LogP contribution is -2.05. The Balaban J connectivity index is 1.43. The number of ether oxygens (including phenoxy) is 2. The topological polar surface area (TPSA) is 81.2 Å². The zero-order chi connectivity index (χ0) is 17.9. The molecular formula is C17H13ClFN5O2. The summed E-state index contributed by atoms with van der Waals surface area (Å²) >= 11 is 5.77. The van der Waals surface area contributed by atoms with Crippen molar-refractivity contribution in [3.63, 3.8) is 0 Å². The normalized spacial score (nSPS) is 12.1. The fourth-order valence-corrected chi connectivity index (χ4v) is 2.57. The van der Waals surface area contributed by atoms with Crippen LogP contribution < -0.4 is 20.1 Å². The number of fused-ring (bicyclic) bond motifs is 1. The van der Waals surface area contributed by atoms with Gasteiger partial charge in [0, 0.05) is 12.2 Å². The van der Waals surface area contributed by atoms with E-state index < -0.39 is 5.82 Å². The lowest BCUT2D eigenvalue weighted by Gasteiger charge is -2.08. The quantitative estimate of drug-likeness (QED) is 0.704.